The van der Waals surface area contributed by atoms with Crippen LogP contribution in [0.1, 0.15) is 22.3 Å². The molecule has 0 bridgehead atoms. The van der Waals surface area contributed by atoms with Gasteiger partial charge in [0.05, 0.1) is 24.7 Å². The second-order valence-corrected chi connectivity index (χ2v) is 5.22. The Bertz CT molecular complexity index is 767. The molecule has 1 aliphatic rings. The van der Waals surface area contributed by atoms with E-state index in [0.29, 0.717) is 4.90 Å². The van der Waals surface area contributed by atoms with Crippen molar-refractivity contribution in [1.29, 1.82) is 10.5 Å². The average Bonchev–Trinajstić information content (AvgIpc) is 2.87. The van der Waals surface area contributed by atoms with Gasteiger partial charge in [0.15, 0.2) is 0 Å². The summed E-state index contributed by atoms with van der Waals surface area (Å²) >= 11 is 0. The number of nitrogens with zero attached hydrogens (tertiary/aromatic N) is 3. The largest absolute Gasteiger partial charge is 0.343 e. The number of hydrogen-bond acceptors (Lipinski definition) is 4. The highest BCUT2D eigenvalue weighted by atomic mass is 19.3. The van der Waals surface area contributed by atoms with E-state index in [0.717, 1.165) is 12.1 Å². The molecule has 9 heteroatoms. The molecule has 0 aromatic heterocycles. The number of carbonyl (C=O) groups is 2. The molecule has 1 heterocycles. The smallest absolute Gasteiger partial charge is 0.268 e. The third-order valence-corrected chi connectivity index (χ3v) is 3.49. The lowest BCUT2D eigenvalue weighted by molar-refractivity contribution is -0.131. The van der Waals surface area contributed by atoms with E-state index in [1.54, 1.807) is 12.1 Å². The number of likely N-dealkylation sites (tertiary alicyclic amines) is 1. The third kappa shape index (κ3) is 3.63. The summed E-state index contributed by atoms with van der Waals surface area (Å²) in [6.45, 7) is -1.49. The van der Waals surface area contributed by atoms with Crippen LogP contribution in [0.3, 0.4) is 0 Å². The molecule has 2 rings (SSSR count). The lowest BCUT2D eigenvalue weighted by Gasteiger charge is -2.19. The molecule has 1 aromatic rings. The Labute approximate surface area is 135 Å². The maximum absolute atomic E-state index is 13.4. The van der Waals surface area contributed by atoms with Crippen LogP contribution in [0.2, 0.25) is 0 Å². The van der Waals surface area contributed by atoms with E-state index in [4.69, 9.17) is 10.5 Å². The summed E-state index contributed by atoms with van der Waals surface area (Å²) in [5, 5.41) is 19.6. The van der Waals surface area contributed by atoms with E-state index >= 15 is 0 Å². The Morgan fingerprint density at radius 3 is 2.67 bits per heavy atom. The predicted octanol–water partition coefficient (Wildman–Crippen LogP) is 1.19. The fourth-order valence-corrected chi connectivity index (χ4v) is 2.30. The molecule has 124 valence electrons. The number of hydrogen-bond donors (Lipinski definition) is 1. The van der Waals surface area contributed by atoms with Crippen molar-refractivity contribution < 1.29 is 22.8 Å². The predicted molar refractivity (Wildman–Crippen MR) is 74.1 cm³/mol. The minimum atomic E-state index is -3.14. The molecule has 1 saturated heterocycles. The van der Waals surface area contributed by atoms with Crippen molar-refractivity contribution in [3.8, 4) is 12.1 Å². The second kappa shape index (κ2) is 6.59. The molecule has 1 fully saturated rings. The Kier molecular flexibility index (Phi) is 4.74. The summed E-state index contributed by atoms with van der Waals surface area (Å²) in [6.07, 6.45) is -0.746. The van der Waals surface area contributed by atoms with Crippen molar-refractivity contribution in [2.24, 2.45) is 0 Å². The van der Waals surface area contributed by atoms with Gasteiger partial charge in [-0.3, -0.25) is 9.59 Å². The van der Waals surface area contributed by atoms with Crippen molar-refractivity contribution >= 4 is 11.8 Å². The van der Waals surface area contributed by atoms with Crippen molar-refractivity contribution in [2.45, 2.75) is 18.4 Å². The first kappa shape index (κ1) is 17.3. The highest BCUT2D eigenvalue weighted by Gasteiger charge is 2.47. The lowest BCUT2D eigenvalue weighted by atomic mass is 10.1. The number of alkyl halides is 2. The topological polar surface area (TPSA) is 97.0 Å². The van der Waals surface area contributed by atoms with E-state index in [9.17, 15) is 22.8 Å². The van der Waals surface area contributed by atoms with Gasteiger partial charge in [0, 0.05) is 12.0 Å². The van der Waals surface area contributed by atoms with Crippen LogP contribution in [0.4, 0.5) is 13.2 Å². The number of nitrogens with one attached hydrogen (secondary N) is 1. The number of amides is 2. The van der Waals surface area contributed by atoms with Gasteiger partial charge in [-0.05, 0) is 18.2 Å². The average molecular weight is 336 g/mol. The molecule has 1 unspecified atom stereocenters. The SMILES string of the molecule is N#Cc1ccc(C(=O)NCC(=O)N2CC(F)(F)CC2C#N)cc1F. The standard InChI is InChI=1S/C15H11F3N4O2/c16-12-3-9(1-2-10(12)5-19)14(24)21-7-13(23)22-8-15(17,18)4-11(22)6-20/h1-3,11H,4,7-8H2,(H,21,24). The minimum absolute atomic E-state index is 0.122. The number of benzene rings is 1. The number of carbonyl (C=O) groups excluding carboxylic acids is 2. The molecular weight excluding hydrogens is 325 g/mol. The van der Waals surface area contributed by atoms with Gasteiger partial charge in [0.25, 0.3) is 11.8 Å². The van der Waals surface area contributed by atoms with E-state index < -0.39 is 49.1 Å². The quantitative estimate of drug-likeness (QED) is 0.896. The van der Waals surface area contributed by atoms with Gasteiger partial charge < -0.3 is 10.2 Å². The van der Waals surface area contributed by atoms with Gasteiger partial charge in [-0.1, -0.05) is 0 Å². The molecule has 0 saturated carbocycles. The van der Waals surface area contributed by atoms with Crippen molar-refractivity contribution in [2.75, 3.05) is 13.1 Å². The summed E-state index contributed by atoms with van der Waals surface area (Å²) in [6, 6.07) is 5.11. The minimum Gasteiger partial charge on any atom is -0.343 e. The van der Waals surface area contributed by atoms with Gasteiger partial charge in [-0.2, -0.15) is 10.5 Å². The molecule has 1 aliphatic heterocycles. The number of nitriles is 2. The van der Waals surface area contributed by atoms with Crippen LogP contribution in [-0.4, -0.2) is 41.8 Å². The zero-order valence-electron chi connectivity index (χ0n) is 12.2. The van der Waals surface area contributed by atoms with Gasteiger partial charge >= 0.3 is 0 Å². The van der Waals surface area contributed by atoms with Crippen LogP contribution in [0.25, 0.3) is 0 Å². The zero-order chi connectivity index (χ0) is 17.9. The molecule has 2 amide bonds. The highest BCUT2D eigenvalue weighted by molar-refractivity contribution is 5.96. The maximum Gasteiger partial charge on any atom is 0.268 e. The third-order valence-electron chi connectivity index (χ3n) is 3.49. The molecule has 1 atom stereocenters. The molecule has 0 spiro atoms. The van der Waals surface area contributed by atoms with E-state index in [2.05, 4.69) is 5.32 Å². The first-order valence-corrected chi connectivity index (χ1v) is 6.82. The van der Waals surface area contributed by atoms with E-state index in [1.165, 1.54) is 6.07 Å². The monoisotopic (exact) mass is 336 g/mol. The second-order valence-electron chi connectivity index (χ2n) is 5.22. The van der Waals surface area contributed by atoms with Crippen LogP contribution in [0.5, 0.6) is 0 Å². The maximum atomic E-state index is 13.4. The van der Waals surface area contributed by atoms with Crippen molar-refractivity contribution in [3.05, 3.63) is 35.1 Å². The van der Waals surface area contributed by atoms with Crippen molar-refractivity contribution in [1.82, 2.24) is 10.2 Å². The summed E-state index contributed by atoms with van der Waals surface area (Å²) < 4.78 is 40.0. The molecular formula is C15H11F3N4O2. The Balaban J connectivity index is 1.99. The molecule has 0 radical (unpaired) electrons. The molecule has 6 nitrogen and oxygen atoms in total. The zero-order valence-corrected chi connectivity index (χ0v) is 12.2. The Morgan fingerprint density at radius 2 is 2.08 bits per heavy atom. The molecule has 1 N–H and O–H groups in total. The number of halogens is 3. The Morgan fingerprint density at radius 1 is 1.38 bits per heavy atom. The van der Waals surface area contributed by atoms with Gasteiger partial charge in [-0.15, -0.1) is 0 Å². The first-order chi connectivity index (χ1) is 11.3. The van der Waals surface area contributed by atoms with E-state index in [1.807, 2.05) is 0 Å². The lowest BCUT2D eigenvalue weighted by Crippen LogP contribution is -2.42. The van der Waals surface area contributed by atoms with Gasteiger partial charge in [0.2, 0.25) is 5.91 Å². The van der Waals surface area contributed by atoms with Crippen molar-refractivity contribution in [3.63, 3.8) is 0 Å². The summed E-state index contributed by atoms with van der Waals surface area (Å²) in [5.74, 6) is -5.66. The molecule has 0 aliphatic carbocycles. The Hall–Kier alpha value is -3.07. The molecule has 1 aromatic carbocycles. The van der Waals surface area contributed by atoms with Crippen LogP contribution in [0.15, 0.2) is 18.2 Å². The summed E-state index contributed by atoms with van der Waals surface area (Å²) in [5.41, 5.74) is -0.360. The first-order valence-electron chi connectivity index (χ1n) is 6.82. The van der Waals surface area contributed by atoms with Crippen LogP contribution in [-0.2, 0) is 4.79 Å². The van der Waals surface area contributed by atoms with Crippen LogP contribution in [0, 0.1) is 28.5 Å². The summed E-state index contributed by atoms with van der Waals surface area (Å²) in [4.78, 5) is 24.5. The normalized spacial score (nSPS) is 18.5. The van der Waals surface area contributed by atoms with Gasteiger partial charge in [-0.25, -0.2) is 13.2 Å². The fourth-order valence-electron chi connectivity index (χ4n) is 2.30. The highest BCUT2D eigenvalue weighted by Crippen LogP contribution is 2.31. The fraction of sp³-hybridized carbons (Fsp3) is 0.333. The van der Waals surface area contributed by atoms with E-state index in [-0.39, 0.29) is 11.1 Å². The van der Waals surface area contributed by atoms with Gasteiger partial charge in [0.1, 0.15) is 17.9 Å². The summed E-state index contributed by atoms with van der Waals surface area (Å²) in [7, 11) is 0. The molecule has 24 heavy (non-hydrogen) atoms. The number of rotatable bonds is 3. The van der Waals surface area contributed by atoms with Crippen LogP contribution >= 0.6 is 0 Å². The van der Waals surface area contributed by atoms with Crippen LogP contribution < -0.4 is 5.32 Å².